The Hall–Kier alpha value is -3.27. The van der Waals surface area contributed by atoms with Crippen molar-refractivity contribution in [1.29, 1.82) is 0 Å². The third-order valence-corrected chi connectivity index (χ3v) is 4.55. The van der Waals surface area contributed by atoms with E-state index in [0.29, 0.717) is 16.4 Å². The van der Waals surface area contributed by atoms with E-state index in [9.17, 15) is 19.3 Å². The molecule has 0 bridgehead atoms. The largest absolute Gasteiger partial charge is 0.325 e. The zero-order valence-corrected chi connectivity index (χ0v) is 14.9. The van der Waals surface area contributed by atoms with E-state index < -0.39 is 16.0 Å². The summed E-state index contributed by atoms with van der Waals surface area (Å²) in [4.78, 5) is 26.6. The molecule has 3 aromatic rings. The van der Waals surface area contributed by atoms with Crippen LogP contribution in [-0.2, 0) is 4.79 Å². The second kappa shape index (κ2) is 7.96. The Balaban J connectivity index is 1.63. The van der Waals surface area contributed by atoms with E-state index in [1.54, 1.807) is 25.1 Å². The number of non-ortho nitro benzene ring substituents is 1. The van der Waals surface area contributed by atoms with Crippen LogP contribution in [0.5, 0.6) is 0 Å². The SMILES string of the molecule is CC(Sc1n[nH]c(-c2ccccc2F)n1)C(=O)Nc1ccc([N+](=O)[O-])cc1. The number of benzene rings is 2. The molecule has 1 atom stereocenters. The standard InChI is InChI=1S/C17H14FN5O3S/c1-10(16(24)19-11-6-8-12(9-7-11)23(25)26)27-17-20-15(21-22-17)13-4-2-3-5-14(13)18/h2-10H,1H3,(H,19,24)(H,20,21,22). The lowest BCUT2D eigenvalue weighted by molar-refractivity contribution is -0.384. The van der Waals surface area contributed by atoms with Gasteiger partial charge in [0.15, 0.2) is 5.82 Å². The number of thioether (sulfide) groups is 1. The maximum Gasteiger partial charge on any atom is 0.269 e. The van der Waals surface area contributed by atoms with Gasteiger partial charge in [-0.15, -0.1) is 5.10 Å². The predicted octanol–water partition coefficient (Wildman–Crippen LogP) is 3.64. The van der Waals surface area contributed by atoms with Crippen LogP contribution in [0.2, 0.25) is 0 Å². The average Bonchev–Trinajstić information content (AvgIpc) is 3.10. The molecule has 1 heterocycles. The maximum absolute atomic E-state index is 13.8. The minimum absolute atomic E-state index is 0.0585. The van der Waals surface area contributed by atoms with Crippen molar-refractivity contribution < 1.29 is 14.1 Å². The fourth-order valence-electron chi connectivity index (χ4n) is 2.19. The van der Waals surface area contributed by atoms with Crippen molar-refractivity contribution in [3.8, 4) is 11.4 Å². The van der Waals surface area contributed by atoms with E-state index in [-0.39, 0.29) is 17.4 Å². The topological polar surface area (TPSA) is 114 Å². The van der Waals surface area contributed by atoms with E-state index in [4.69, 9.17) is 0 Å². The van der Waals surface area contributed by atoms with Crippen molar-refractivity contribution in [3.05, 3.63) is 64.5 Å². The number of aromatic amines is 1. The smallest absolute Gasteiger partial charge is 0.269 e. The number of carbonyl (C=O) groups excluding carboxylic acids is 1. The van der Waals surface area contributed by atoms with Crippen LogP contribution in [0.15, 0.2) is 53.7 Å². The van der Waals surface area contributed by atoms with Gasteiger partial charge in [-0.1, -0.05) is 23.9 Å². The van der Waals surface area contributed by atoms with E-state index in [1.807, 2.05) is 0 Å². The monoisotopic (exact) mass is 387 g/mol. The van der Waals surface area contributed by atoms with Crippen LogP contribution in [0.1, 0.15) is 6.92 Å². The lowest BCUT2D eigenvalue weighted by Crippen LogP contribution is -2.22. The van der Waals surface area contributed by atoms with Gasteiger partial charge in [-0.25, -0.2) is 9.37 Å². The number of nitro benzene ring substituents is 1. The molecule has 0 saturated heterocycles. The number of halogens is 1. The molecule has 1 amide bonds. The molecule has 3 rings (SSSR count). The molecule has 27 heavy (non-hydrogen) atoms. The van der Waals surface area contributed by atoms with Gasteiger partial charge < -0.3 is 5.32 Å². The normalized spacial score (nSPS) is 11.8. The zero-order valence-electron chi connectivity index (χ0n) is 14.0. The van der Waals surface area contributed by atoms with Crippen molar-refractivity contribution in [2.75, 3.05) is 5.32 Å². The number of H-pyrrole nitrogens is 1. The van der Waals surface area contributed by atoms with Crippen molar-refractivity contribution in [2.45, 2.75) is 17.3 Å². The van der Waals surface area contributed by atoms with Crippen LogP contribution in [0.25, 0.3) is 11.4 Å². The van der Waals surface area contributed by atoms with Gasteiger partial charge in [0.25, 0.3) is 5.69 Å². The molecule has 0 saturated carbocycles. The molecule has 1 aromatic heterocycles. The molecule has 0 fully saturated rings. The van der Waals surface area contributed by atoms with Crippen molar-refractivity contribution in [2.24, 2.45) is 0 Å². The minimum Gasteiger partial charge on any atom is -0.325 e. The van der Waals surface area contributed by atoms with Crippen LogP contribution in [-0.4, -0.2) is 31.3 Å². The summed E-state index contributed by atoms with van der Waals surface area (Å²) < 4.78 is 13.8. The predicted molar refractivity (Wildman–Crippen MR) is 98.8 cm³/mol. The molecule has 0 aliphatic rings. The number of rotatable bonds is 6. The van der Waals surface area contributed by atoms with Gasteiger partial charge in [-0.3, -0.25) is 20.0 Å². The fourth-order valence-corrected chi connectivity index (χ4v) is 2.92. The summed E-state index contributed by atoms with van der Waals surface area (Å²) >= 11 is 1.10. The fraction of sp³-hybridized carbons (Fsp3) is 0.118. The highest BCUT2D eigenvalue weighted by Gasteiger charge is 2.18. The first kappa shape index (κ1) is 18.5. The van der Waals surface area contributed by atoms with Crippen LogP contribution < -0.4 is 5.32 Å². The maximum atomic E-state index is 13.8. The summed E-state index contributed by atoms with van der Waals surface area (Å²) in [6, 6.07) is 11.7. The highest BCUT2D eigenvalue weighted by Crippen LogP contribution is 2.25. The first-order valence-corrected chi connectivity index (χ1v) is 8.71. The second-order valence-corrected chi connectivity index (χ2v) is 6.81. The second-order valence-electron chi connectivity index (χ2n) is 5.50. The molecule has 8 nitrogen and oxygen atoms in total. The van der Waals surface area contributed by atoms with Gasteiger partial charge in [0.1, 0.15) is 5.82 Å². The van der Waals surface area contributed by atoms with E-state index in [0.717, 1.165) is 11.8 Å². The molecule has 10 heteroatoms. The van der Waals surface area contributed by atoms with E-state index in [2.05, 4.69) is 20.5 Å². The van der Waals surface area contributed by atoms with Crippen LogP contribution in [0.4, 0.5) is 15.8 Å². The highest BCUT2D eigenvalue weighted by molar-refractivity contribution is 8.00. The summed E-state index contributed by atoms with van der Waals surface area (Å²) in [5.41, 5.74) is 0.678. The third-order valence-electron chi connectivity index (χ3n) is 3.59. The molecule has 0 aliphatic heterocycles. The molecular weight excluding hydrogens is 373 g/mol. The minimum atomic E-state index is -0.538. The molecule has 0 radical (unpaired) electrons. The van der Waals surface area contributed by atoms with Crippen LogP contribution in [0, 0.1) is 15.9 Å². The molecule has 2 N–H and O–H groups in total. The number of nitrogens with one attached hydrogen (secondary N) is 2. The van der Waals surface area contributed by atoms with Crippen molar-refractivity contribution in [3.63, 3.8) is 0 Å². The number of nitrogens with zero attached hydrogens (tertiary/aromatic N) is 3. The molecule has 138 valence electrons. The Bertz CT molecular complexity index is 977. The first-order valence-electron chi connectivity index (χ1n) is 7.83. The number of anilines is 1. The molecule has 1 unspecified atom stereocenters. The lowest BCUT2D eigenvalue weighted by Gasteiger charge is -2.09. The number of hydrogen-bond acceptors (Lipinski definition) is 6. The van der Waals surface area contributed by atoms with Gasteiger partial charge in [0.2, 0.25) is 11.1 Å². The Morgan fingerprint density at radius 1 is 1.26 bits per heavy atom. The van der Waals surface area contributed by atoms with Gasteiger partial charge in [-0.2, -0.15) is 0 Å². The quantitative estimate of drug-likeness (QED) is 0.379. The summed E-state index contributed by atoms with van der Waals surface area (Å²) in [5, 5.41) is 19.7. The van der Waals surface area contributed by atoms with E-state index in [1.165, 1.54) is 30.3 Å². The zero-order chi connectivity index (χ0) is 19.4. The summed E-state index contributed by atoms with van der Waals surface area (Å²) in [5.74, 6) is -0.459. The van der Waals surface area contributed by atoms with Crippen LogP contribution in [0.3, 0.4) is 0 Å². The number of aromatic nitrogens is 3. The first-order chi connectivity index (χ1) is 12.9. The van der Waals surface area contributed by atoms with Gasteiger partial charge in [-0.05, 0) is 31.2 Å². The summed E-state index contributed by atoms with van der Waals surface area (Å²) in [6.07, 6.45) is 0. The van der Waals surface area contributed by atoms with Crippen molar-refractivity contribution in [1.82, 2.24) is 15.2 Å². The summed E-state index contributed by atoms with van der Waals surface area (Å²) in [7, 11) is 0. The van der Waals surface area contributed by atoms with Crippen molar-refractivity contribution >= 4 is 29.0 Å². The Kier molecular flexibility index (Phi) is 5.46. The van der Waals surface area contributed by atoms with E-state index >= 15 is 0 Å². The Morgan fingerprint density at radius 3 is 2.63 bits per heavy atom. The number of amides is 1. The van der Waals surface area contributed by atoms with Crippen LogP contribution >= 0.6 is 11.8 Å². The van der Waals surface area contributed by atoms with Gasteiger partial charge in [0.05, 0.1) is 15.7 Å². The number of carbonyl (C=O) groups is 1. The average molecular weight is 387 g/mol. The van der Waals surface area contributed by atoms with Gasteiger partial charge in [0, 0.05) is 17.8 Å². The molecule has 2 aromatic carbocycles. The number of hydrogen-bond donors (Lipinski definition) is 2. The highest BCUT2D eigenvalue weighted by atomic mass is 32.2. The lowest BCUT2D eigenvalue weighted by atomic mass is 10.2. The Labute approximate surface area is 157 Å². The molecule has 0 aliphatic carbocycles. The molecular formula is C17H14FN5O3S. The number of nitro groups is 1. The summed E-state index contributed by atoms with van der Waals surface area (Å²) in [6.45, 7) is 1.67. The molecule has 0 spiro atoms. The Morgan fingerprint density at radius 2 is 1.96 bits per heavy atom. The van der Waals surface area contributed by atoms with Gasteiger partial charge >= 0.3 is 0 Å². The third kappa shape index (κ3) is 4.47.